The Balaban J connectivity index is 2.49. The maximum absolute atomic E-state index is 4.30. The van der Waals surface area contributed by atoms with Crippen LogP contribution < -0.4 is 16.0 Å². The molecule has 0 radical (unpaired) electrons. The van der Waals surface area contributed by atoms with Gasteiger partial charge < -0.3 is 16.0 Å². The fourth-order valence-corrected chi connectivity index (χ4v) is 1.27. The Labute approximate surface area is 90.7 Å². The number of anilines is 2. The quantitative estimate of drug-likeness (QED) is 0.606. The number of nitrogens with one attached hydrogen (secondary N) is 3. The van der Waals surface area contributed by atoms with Crippen molar-refractivity contribution in [1.29, 1.82) is 0 Å². The molecule has 0 amide bonds. The summed E-state index contributed by atoms with van der Waals surface area (Å²) in [6.07, 6.45) is 1.08. The van der Waals surface area contributed by atoms with Crippen LogP contribution in [0.5, 0.6) is 0 Å². The summed E-state index contributed by atoms with van der Waals surface area (Å²) >= 11 is 0. The lowest BCUT2D eigenvalue weighted by atomic mass is 10.4. The van der Waals surface area contributed by atoms with Gasteiger partial charge in [0.15, 0.2) is 0 Å². The van der Waals surface area contributed by atoms with Gasteiger partial charge in [-0.15, -0.1) is 0 Å². The highest BCUT2D eigenvalue weighted by atomic mass is 15.1. The van der Waals surface area contributed by atoms with Crippen molar-refractivity contribution in [2.75, 3.05) is 37.8 Å². The van der Waals surface area contributed by atoms with E-state index in [0.717, 1.165) is 37.0 Å². The number of aryl methyl sites for hydroxylation is 1. The first-order valence-corrected chi connectivity index (χ1v) is 5.18. The van der Waals surface area contributed by atoms with E-state index in [1.807, 2.05) is 27.1 Å². The SMILES string of the molecule is CNCCCNc1cc(NC)nc(C)n1. The van der Waals surface area contributed by atoms with Crippen molar-refractivity contribution in [3.63, 3.8) is 0 Å². The molecule has 5 nitrogen and oxygen atoms in total. The summed E-state index contributed by atoms with van der Waals surface area (Å²) in [5.74, 6) is 2.50. The molecule has 1 rings (SSSR count). The molecule has 0 unspecified atom stereocenters. The molecule has 1 aromatic heterocycles. The lowest BCUT2D eigenvalue weighted by molar-refractivity contribution is 0.746. The minimum atomic E-state index is 0.776. The molecule has 0 aliphatic heterocycles. The second-order valence-electron chi connectivity index (χ2n) is 3.32. The van der Waals surface area contributed by atoms with E-state index in [-0.39, 0.29) is 0 Å². The summed E-state index contributed by atoms with van der Waals surface area (Å²) in [6, 6.07) is 1.91. The fraction of sp³-hybridized carbons (Fsp3) is 0.600. The molecule has 0 bridgehead atoms. The van der Waals surface area contributed by atoms with E-state index in [4.69, 9.17) is 0 Å². The molecule has 1 aromatic rings. The second-order valence-corrected chi connectivity index (χ2v) is 3.32. The third kappa shape index (κ3) is 4.12. The Morgan fingerprint density at radius 1 is 1.13 bits per heavy atom. The van der Waals surface area contributed by atoms with Gasteiger partial charge >= 0.3 is 0 Å². The number of hydrogen-bond donors (Lipinski definition) is 3. The molecule has 5 heteroatoms. The van der Waals surface area contributed by atoms with Crippen molar-refractivity contribution in [1.82, 2.24) is 15.3 Å². The maximum Gasteiger partial charge on any atom is 0.131 e. The van der Waals surface area contributed by atoms with Gasteiger partial charge in [-0.05, 0) is 26.9 Å². The molecule has 0 aromatic carbocycles. The van der Waals surface area contributed by atoms with Crippen LogP contribution in [0.2, 0.25) is 0 Å². The second kappa shape index (κ2) is 6.19. The molecule has 1 heterocycles. The standard InChI is InChI=1S/C10H19N5/c1-8-14-9(12-3)7-10(15-8)13-6-4-5-11-2/h7,11H,4-6H2,1-3H3,(H2,12,13,14,15). The number of aromatic nitrogens is 2. The van der Waals surface area contributed by atoms with Crippen LogP contribution in [0, 0.1) is 6.92 Å². The van der Waals surface area contributed by atoms with Crippen LogP contribution in [0.25, 0.3) is 0 Å². The molecule has 84 valence electrons. The van der Waals surface area contributed by atoms with E-state index in [2.05, 4.69) is 25.9 Å². The monoisotopic (exact) mass is 209 g/mol. The van der Waals surface area contributed by atoms with Crippen LogP contribution in [-0.2, 0) is 0 Å². The zero-order valence-electron chi connectivity index (χ0n) is 9.59. The minimum Gasteiger partial charge on any atom is -0.373 e. The predicted octanol–water partition coefficient (Wildman–Crippen LogP) is 0.848. The smallest absolute Gasteiger partial charge is 0.131 e. The molecule has 0 spiro atoms. The number of rotatable bonds is 6. The summed E-state index contributed by atoms with van der Waals surface area (Å²) in [5, 5.41) is 9.37. The first-order chi connectivity index (χ1) is 7.26. The van der Waals surface area contributed by atoms with Gasteiger partial charge in [-0.3, -0.25) is 0 Å². The highest BCUT2D eigenvalue weighted by molar-refractivity contribution is 5.46. The molecule has 0 saturated carbocycles. The average molecular weight is 209 g/mol. The van der Waals surface area contributed by atoms with Crippen molar-refractivity contribution in [3.05, 3.63) is 11.9 Å². The number of nitrogens with zero attached hydrogens (tertiary/aromatic N) is 2. The first-order valence-electron chi connectivity index (χ1n) is 5.18. The highest BCUT2D eigenvalue weighted by Crippen LogP contribution is 2.09. The average Bonchev–Trinajstić information content (AvgIpc) is 2.23. The minimum absolute atomic E-state index is 0.776. The van der Waals surface area contributed by atoms with Crippen molar-refractivity contribution in [3.8, 4) is 0 Å². The Hall–Kier alpha value is -1.36. The molecule has 0 aliphatic rings. The van der Waals surface area contributed by atoms with E-state index in [0.29, 0.717) is 0 Å². The Morgan fingerprint density at radius 3 is 2.53 bits per heavy atom. The molecule has 0 fully saturated rings. The normalized spacial score (nSPS) is 10.1. The summed E-state index contributed by atoms with van der Waals surface area (Å²) in [7, 11) is 3.81. The van der Waals surface area contributed by atoms with E-state index in [1.54, 1.807) is 0 Å². The Bertz CT molecular complexity index is 300. The van der Waals surface area contributed by atoms with Crippen LogP contribution >= 0.6 is 0 Å². The van der Waals surface area contributed by atoms with Gasteiger partial charge in [-0.25, -0.2) is 9.97 Å². The van der Waals surface area contributed by atoms with Crippen molar-refractivity contribution >= 4 is 11.6 Å². The van der Waals surface area contributed by atoms with Crippen LogP contribution in [0.4, 0.5) is 11.6 Å². The molecular weight excluding hydrogens is 190 g/mol. The first kappa shape index (κ1) is 11.7. The van der Waals surface area contributed by atoms with E-state index >= 15 is 0 Å². The van der Waals surface area contributed by atoms with E-state index < -0.39 is 0 Å². The van der Waals surface area contributed by atoms with Crippen LogP contribution in [0.1, 0.15) is 12.2 Å². The molecule has 3 N–H and O–H groups in total. The van der Waals surface area contributed by atoms with Crippen molar-refractivity contribution in [2.45, 2.75) is 13.3 Å². The van der Waals surface area contributed by atoms with Crippen LogP contribution in [0.3, 0.4) is 0 Å². The van der Waals surface area contributed by atoms with Gasteiger partial charge in [-0.1, -0.05) is 0 Å². The third-order valence-corrected chi connectivity index (χ3v) is 2.00. The van der Waals surface area contributed by atoms with Gasteiger partial charge in [0, 0.05) is 19.7 Å². The lowest BCUT2D eigenvalue weighted by Gasteiger charge is -2.07. The summed E-state index contributed by atoms with van der Waals surface area (Å²) < 4.78 is 0. The van der Waals surface area contributed by atoms with Gasteiger partial charge in [-0.2, -0.15) is 0 Å². The zero-order chi connectivity index (χ0) is 11.1. The third-order valence-electron chi connectivity index (χ3n) is 2.00. The van der Waals surface area contributed by atoms with Gasteiger partial charge in [0.1, 0.15) is 17.5 Å². The van der Waals surface area contributed by atoms with Crippen LogP contribution in [-0.4, -0.2) is 37.2 Å². The predicted molar refractivity (Wildman–Crippen MR) is 63.3 cm³/mol. The summed E-state index contributed by atoms with van der Waals surface area (Å²) in [5.41, 5.74) is 0. The van der Waals surface area contributed by atoms with Gasteiger partial charge in [0.2, 0.25) is 0 Å². The van der Waals surface area contributed by atoms with Gasteiger partial charge in [0.25, 0.3) is 0 Å². The molecule has 0 atom stereocenters. The zero-order valence-corrected chi connectivity index (χ0v) is 9.59. The Kier molecular flexibility index (Phi) is 4.83. The molecule has 0 aliphatic carbocycles. The summed E-state index contributed by atoms with van der Waals surface area (Å²) in [4.78, 5) is 8.52. The Morgan fingerprint density at radius 2 is 1.87 bits per heavy atom. The largest absolute Gasteiger partial charge is 0.373 e. The highest BCUT2D eigenvalue weighted by Gasteiger charge is 1.99. The molecule has 0 saturated heterocycles. The van der Waals surface area contributed by atoms with Crippen LogP contribution in [0.15, 0.2) is 6.07 Å². The fourth-order valence-electron chi connectivity index (χ4n) is 1.27. The summed E-state index contributed by atoms with van der Waals surface area (Å²) in [6.45, 7) is 3.82. The van der Waals surface area contributed by atoms with E-state index in [1.165, 1.54) is 0 Å². The van der Waals surface area contributed by atoms with E-state index in [9.17, 15) is 0 Å². The topological polar surface area (TPSA) is 61.9 Å². The van der Waals surface area contributed by atoms with Gasteiger partial charge in [0.05, 0.1) is 0 Å². The molecule has 15 heavy (non-hydrogen) atoms. The molecular formula is C10H19N5. The lowest BCUT2D eigenvalue weighted by Crippen LogP contribution is -2.13. The van der Waals surface area contributed by atoms with Crippen molar-refractivity contribution in [2.24, 2.45) is 0 Å². The van der Waals surface area contributed by atoms with Crippen molar-refractivity contribution < 1.29 is 0 Å². The maximum atomic E-state index is 4.30. The number of hydrogen-bond acceptors (Lipinski definition) is 5.